The van der Waals surface area contributed by atoms with Crippen molar-refractivity contribution in [3.63, 3.8) is 0 Å². The number of nitrogens with two attached hydrogens (primary N) is 1. The van der Waals surface area contributed by atoms with Crippen LogP contribution in [0, 0.1) is 0 Å². The SMILES string of the molecule is NC(=O)c1ccc(-c2nc(-c3ccc[nH]3)n([C@@H]3CCS(=O)(=O)C3)n2)cc1. The number of nitrogens with one attached hydrogen (secondary N) is 1. The quantitative estimate of drug-likeness (QED) is 0.717. The average Bonchev–Trinajstić information content (AvgIpc) is 3.33. The number of aromatic nitrogens is 4. The molecule has 8 nitrogen and oxygen atoms in total. The predicted molar refractivity (Wildman–Crippen MR) is 96.1 cm³/mol. The molecule has 3 aromatic rings. The first-order valence-corrected chi connectivity index (χ1v) is 9.96. The van der Waals surface area contributed by atoms with Crippen molar-refractivity contribution in [2.75, 3.05) is 11.5 Å². The van der Waals surface area contributed by atoms with Crippen LogP contribution in [0.1, 0.15) is 22.8 Å². The van der Waals surface area contributed by atoms with E-state index >= 15 is 0 Å². The zero-order valence-corrected chi connectivity index (χ0v) is 14.6. The largest absolute Gasteiger partial charge is 0.366 e. The summed E-state index contributed by atoms with van der Waals surface area (Å²) in [6, 6.07) is 10.2. The molecular formula is C17H17N5O3S. The molecule has 0 spiro atoms. The van der Waals surface area contributed by atoms with Crippen molar-refractivity contribution >= 4 is 15.7 Å². The third-order valence-electron chi connectivity index (χ3n) is 4.45. The minimum Gasteiger partial charge on any atom is -0.366 e. The molecule has 134 valence electrons. The van der Waals surface area contributed by atoms with Gasteiger partial charge in [0.15, 0.2) is 21.5 Å². The van der Waals surface area contributed by atoms with Gasteiger partial charge in [-0.1, -0.05) is 12.1 Å². The molecule has 1 amide bonds. The van der Waals surface area contributed by atoms with Crippen LogP contribution in [-0.4, -0.2) is 45.6 Å². The highest BCUT2D eigenvalue weighted by molar-refractivity contribution is 7.91. The molecule has 1 aromatic carbocycles. The van der Waals surface area contributed by atoms with E-state index in [1.54, 1.807) is 35.1 Å². The van der Waals surface area contributed by atoms with E-state index in [0.29, 0.717) is 23.6 Å². The molecule has 0 aliphatic carbocycles. The summed E-state index contributed by atoms with van der Waals surface area (Å²) in [4.78, 5) is 18.9. The molecule has 1 atom stereocenters. The van der Waals surface area contributed by atoms with Crippen molar-refractivity contribution in [1.29, 1.82) is 0 Å². The van der Waals surface area contributed by atoms with Gasteiger partial charge in [-0.05, 0) is 30.7 Å². The predicted octanol–water partition coefficient (Wildman–Crippen LogP) is 1.40. The fraction of sp³-hybridized carbons (Fsp3) is 0.235. The average molecular weight is 371 g/mol. The van der Waals surface area contributed by atoms with Gasteiger partial charge in [-0.25, -0.2) is 18.1 Å². The van der Waals surface area contributed by atoms with Crippen molar-refractivity contribution in [1.82, 2.24) is 19.7 Å². The number of carbonyl (C=O) groups excluding carboxylic acids is 1. The van der Waals surface area contributed by atoms with Gasteiger partial charge in [0.2, 0.25) is 5.91 Å². The number of benzene rings is 1. The number of rotatable bonds is 4. The molecule has 0 unspecified atom stereocenters. The summed E-state index contributed by atoms with van der Waals surface area (Å²) >= 11 is 0. The van der Waals surface area contributed by atoms with Crippen LogP contribution in [0.5, 0.6) is 0 Å². The molecule has 0 radical (unpaired) electrons. The molecule has 4 rings (SSSR count). The molecule has 3 N–H and O–H groups in total. The number of aromatic amines is 1. The Hall–Kier alpha value is -2.94. The zero-order chi connectivity index (χ0) is 18.3. The monoisotopic (exact) mass is 371 g/mol. The lowest BCUT2D eigenvalue weighted by atomic mass is 10.1. The summed E-state index contributed by atoms with van der Waals surface area (Å²) < 4.78 is 25.4. The Kier molecular flexibility index (Phi) is 3.87. The topological polar surface area (TPSA) is 124 Å². The maximum Gasteiger partial charge on any atom is 0.248 e. The molecule has 0 saturated carbocycles. The van der Waals surface area contributed by atoms with E-state index in [9.17, 15) is 13.2 Å². The highest BCUT2D eigenvalue weighted by atomic mass is 32.2. The van der Waals surface area contributed by atoms with Gasteiger partial charge in [-0.2, -0.15) is 5.10 Å². The summed E-state index contributed by atoms with van der Waals surface area (Å²) in [5, 5.41) is 4.56. The number of hydrogen-bond donors (Lipinski definition) is 2. The van der Waals surface area contributed by atoms with Gasteiger partial charge in [-0.3, -0.25) is 4.79 Å². The maximum absolute atomic E-state index is 11.9. The lowest BCUT2D eigenvalue weighted by Crippen LogP contribution is -2.14. The highest BCUT2D eigenvalue weighted by Gasteiger charge is 2.32. The second-order valence-corrected chi connectivity index (χ2v) is 8.51. The number of nitrogens with zero attached hydrogens (tertiary/aromatic N) is 3. The van der Waals surface area contributed by atoms with E-state index in [2.05, 4.69) is 15.1 Å². The number of carbonyl (C=O) groups is 1. The minimum atomic E-state index is -3.05. The van der Waals surface area contributed by atoms with E-state index in [1.165, 1.54) is 0 Å². The number of hydrogen-bond acceptors (Lipinski definition) is 5. The lowest BCUT2D eigenvalue weighted by molar-refractivity contribution is 0.100. The first-order valence-electron chi connectivity index (χ1n) is 8.14. The van der Waals surface area contributed by atoms with Crippen LogP contribution in [0.15, 0.2) is 42.6 Å². The van der Waals surface area contributed by atoms with Crippen LogP contribution in [0.4, 0.5) is 0 Å². The van der Waals surface area contributed by atoms with Gasteiger partial charge in [0.1, 0.15) is 0 Å². The summed E-state index contributed by atoms with van der Waals surface area (Å²) in [7, 11) is -3.05. The Bertz CT molecular complexity index is 1050. The zero-order valence-electron chi connectivity index (χ0n) is 13.8. The van der Waals surface area contributed by atoms with Crippen molar-refractivity contribution in [2.24, 2.45) is 5.73 Å². The van der Waals surface area contributed by atoms with E-state index in [4.69, 9.17) is 5.73 Å². The molecule has 1 saturated heterocycles. The second kappa shape index (κ2) is 6.10. The molecule has 0 bridgehead atoms. The van der Waals surface area contributed by atoms with E-state index in [1.807, 2.05) is 12.1 Å². The van der Waals surface area contributed by atoms with Gasteiger partial charge >= 0.3 is 0 Å². The Morgan fingerprint density at radius 3 is 2.58 bits per heavy atom. The van der Waals surface area contributed by atoms with Crippen molar-refractivity contribution < 1.29 is 13.2 Å². The Labute approximate surface area is 150 Å². The number of H-pyrrole nitrogens is 1. The summed E-state index contributed by atoms with van der Waals surface area (Å²) in [6.07, 6.45) is 2.29. The Morgan fingerprint density at radius 2 is 2.00 bits per heavy atom. The molecule has 1 aliphatic rings. The van der Waals surface area contributed by atoms with Gasteiger partial charge in [0, 0.05) is 17.3 Å². The molecular weight excluding hydrogens is 354 g/mol. The van der Waals surface area contributed by atoms with Crippen molar-refractivity contribution in [3.8, 4) is 22.9 Å². The van der Waals surface area contributed by atoms with E-state index < -0.39 is 15.7 Å². The fourth-order valence-corrected chi connectivity index (χ4v) is 4.80. The molecule has 1 fully saturated rings. The van der Waals surface area contributed by atoms with Gasteiger partial charge < -0.3 is 10.7 Å². The van der Waals surface area contributed by atoms with E-state index in [0.717, 1.165) is 11.3 Å². The first kappa shape index (κ1) is 16.5. The van der Waals surface area contributed by atoms with Crippen molar-refractivity contribution in [2.45, 2.75) is 12.5 Å². The lowest BCUT2D eigenvalue weighted by Gasteiger charge is -2.10. The standard InChI is InChI=1S/C17H17N5O3S/c18-15(23)11-3-5-12(6-4-11)16-20-17(14-2-1-8-19-14)22(21-16)13-7-9-26(24,25)10-13/h1-6,8,13,19H,7,9-10H2,(H2,18,23)/t13-/m1/s1. The van der Waals surface area contributed by atoms with Crippen LogP contribution >= 0.6 is 0 Å². The highest BCUT2D eigenvalue weighted by Crippen LogP contribution is 2.30. The maximum atomic E-state index is 11.9. The molecule has 26 heavy (non-hydrogen) atoms. The first-order chi connectivity index (χ1) is 12.4. The Balaban J connectivity index is 1.77. The number of primary amides is 1. The second-order valence-electron chi connectivity index (χ2n) is 6.29. The summed E-state index contributed by atoms with van der Waals surface area (Å²) in [5.74, 6) is 0.772. The van der Waals surface area contributed by atoms with Crippen LogP contribution in [0.2, 0.25) is 0 Å². The van der Waals surface area contributed by atoms with Crippen molar-refractivity contribution in [3.05, 3.63) is 48.2 Å². The normalized spacial score (nSPS) is 18.8. The smallest absolute Gasteiger partial charge is 0.248 e. The summed E-state index contributed by atoms with van der Waals surface area (Å²) in [5.41, 5.74) is 7.16. The van der Waals surface area contributed by atoms with Gasteiger partial charge in [0.05, 0.1) is 23.2 Å². The van der Waals surface area contributed by atoms with Gasteiger partial charge in [0.25, 0.3) is 0 Å². The minimum absolute atomic E-state index is 0.0596. The third-order valence-corrected chi connectivity index (χ3v) is 6.20. The summed E-state index contributed by atoms with van der Waals surface area (Å²) in [6.45, 7) is 0. The Morgan fingerprint density at radius 1 is 1.23 bits per heavy atom. The van der Waals surface area contributed by atoms with Gasteiger partial charge in [-0.15, -0.1) is 0 Å². The van der Waals surface area contributed by atoms with Crippen LogP contribution in [-0.2, 0) is 9.84 Å². The number of sulfone groups is 1. The van der Waals surface area contributed by atoms with E-state index in [-0.39, 0.29) is 17.5 Å². The van der Waals surface area contributed by atoms with Crippen LogP contribution < -0.4 is 5.73 Å². The molecule has 9 heteroatoms. The fourth-order valence-electron chi connectivity index (χ4n) is 3.11. The molecule has 2 aromatic heterocycles. The molecule has 1 aliphatic heterocycles. The van der Waals surface area contributed by atoms with Crippen LogP contribution in [0.25, 0.3) is 22.9 Å². The third kappa shape index (κ3) is 3.01. The van der Waals surface area contributed by atoms with Crippen LogP contribution in [0.3, 0.4) is 0 Å². The molecule has 3 heterocycles. The number of amides is 1.